The Morgan fingerprint density at radius 3 is 2.62 bits per heavy atom. The molecule has 2 rings (SSSR count). The van der Waals surface area contributed by atoms with Crippen LogP contribution in [0.1, 0.15) is 5.76 Å². The highest BCUT2D eigenvalue weighted by Crippen LogP contribution is 2.20. The number of rotatable bonds is 3. The first-order valence-corrected chi connectivity index (χ1v) is 6.70. The summed E-state index contributed by atoms with van der Waals surface area (Å²) in [5.74, 6) is 0.647. The summed E-state index contributed by atoms with van der Waals surface area (Å²) in [6, 6.07) is 9.46. The number of nitrogens with zero attached hydrogens (tertiary/aromatic N) is 1. The van der Waals surface area contributed by atoms with Gasteiger partial charge in [0.1, 0.15) is 11.3 Å². The van der Waals surface area contributed by atoms with Crippen LogP contribution in [0.15, 0.2) is 34.7 Å². The Bertz CT molecular complexity index is 567. The van der Waals surface area contributed by atoms with Gasteiger partial charge in [0.15, 0.2) is 0 Å². The fraction of sp³-hybridized carbons (Fsp3) is 0.273. The van der Waals surface area contributed by atoms with Crippen molar-refractivity contribution in [1.82, 2.24) is 4.31 Å². The van der Waals surface area contributed by atoms with Gasteiger partial charge in [-0.2, -0.15) is 4.31 Å². The van der Waals surface area contributed by atoms with Crippen LogP contribution in [0.4, 0.5) is 0 Å². The van der Waals surface area contributed by atoms with E-state index >= 15 is 0 Å². The standard InChI is InChI=1S/C11H13NO3S/c1-12(16(2,13)14)8-10-7-9-5-3-4-6-11(9)15-10/h3-7H,8H2,1-2H3. The number of fused-ring (bicyclic) bond motifs is 1. The molecule has 16 heavy (non-hydrogen) atoms. The Kier molecular flexibility index (Phi) is 2.73. The second-order valence-electron chi connectivity index (χ2n) is 3.77. The molecular weight excluding hydrogens is 226 g/mol. The zero-order valence-electron chi connectivity index (χ0n) is 9.17. The minimum Gasteiger partial charge on any atom is -0.460 e. The maximum absolute atomic E-state index is 11.2. The maximum Gasteiger partial charge on any atom is 0.211 e. The molecule has 5 heteroatoms. The Morgan fingerprint density at radius 2 is 2.00 bits per heavy atom. The van der Waals surface area contributed by atoms with E-state index in [1.54, 1.807) is 0 Å². The molecule has 0 N–H and O–H groups in total. The van der Waals surface area contributed by atoms with Gasteiger partial charge >= 0.3 is 0 Å². The average molecular weight is 239 g/mol. The van der Waals surface area contributed by atoms with Gasteiger partial charge in [-0.05, 0) is 12.1 Å². The van der Waals surface area contributed by atoms with E-state index in [2.05, 4.69) is 0 Å². The second-order valence-corrected chi connectivity index (χ2v) is 5.86. The molecule has 1 aromatic carbocycles. The van der Waals surface area contributed by atoms with Crippen LogP contribution in [-0.4, -0.2) is 26.0 Å². The Morgan fingerprint density at radius 1 is 1.31 bits per heavy atom. The molecule has 0 saturated carbocycles. The van der Waals surface area contributed by atoms with Crippen molar-refractivity contribution < 1.29 is 12.8 Å². The minimum atomic E-state index is -3.17. The summed E-state index contributed by atoms with van der Waals surface area (Å²) in [7, 11) is -1.63. The monoisotopic (exact) mass is 239 g/mol. The maximum atomic E-state index is 11.2. The third-order valence-electron chi connectivity index (χ3n) is 2.42. The molecule has 1 aromatic heterocycles. The summed E-state index contributed by atoms with van der Waals surface area (Å²) in [5, 5.41) is 0.986. The lowest BCUT2D eigenvalue weighted by Gasteiger charge is -2.11. The Hall–Kier alpha value is -1.33. The summed E-state index contributed by atoms with van der Waals surface area (Å²) in [5.41, 5.74) is 0.777. The fourth-order valence-electron chi connectivity index (χ4n) is 1.45. The molecule has 0 amide bonds. The van der Waals surface area contributed by atoms with Crippen LogP contribution in [0.25, 0.3) is 11.0 Å². The van der Waals surface area contributed by atoms with Crippen molar-refractivity contribution >= 4 is 21.0 Å². The van der Waals surface area contributed by atoms with E-state index in [9.17, 15) is 8.42 Å². The molecule has 0 saturated heterocycles. The molecule has 0 spiro atoms. The highest BCUT2D eigenvalue weighted by Gasteiger charge is 2.13. The van der Waals surface area contributed by atoms with Gasteiger partial charge < -0.3 is 4.42 Å². The third kappa shape index (κ3) is 2.25. The molecule has 0 fully saturated rings. The summed E-state index contributed by atoms with van der Waals surface area (Å²) in [4.78, 5) is 0. The number of hydrogen-bond donors (Lipinski definition) is 0. The number of furan rings is 1. The quantitative estimate of drug-likeness (QED) is 0.821. The van der Waals surface area contributed by atoms with Crippen molar-refractivity contribution in [3.05, 3.63) is 36.1 Å². The van der Waals surface area contributed by atoms with E-state index in [1.165, 1.54) is 17.6 Å². The molecule has 0 aliphatic rings. The lowest BCUT2D eigenvalue weighted by Crippen LogP contribution is -2.24. The van der Waals surface area contributed by atoms with E-state index < -0.39 is 10.0 Å². The Balaban J connectivity index is 2.29. The van der Waals surface area contributed by atoms with E-state index in [-0.39, 0.29) is 6.54 Å². The van der Waals surface area contributed by atoms with E-state index in [0.29, 0.717) is 5.76 Å². The molecule has 0 atom stereocenters. The summed E-state index contributed by atoms with van der Waals surface area (Å²) in [6.45, 7) is 0.257. The predicted octanol–water partition coefficient (Wildman–Crippen LogP) is 1.82. The van der Waals surface area contributed by atoms with Gasteiger partial charge in [-0.3, -0.25) is 0 Å². The van der Waals surface area contributed by atoms with Crippen LogP contribution >= 0.6 is 0 Å². The molecule has 0 radical (unpaired) electrons. The van der Waals surface area contributed by atoms with Crippen LogP contribution < -0.4 is 0 Å². The fourth-order valence-corrected chi connectivity index (χ4v) is 1.81. The van der Waals surface area contributed by atoms with E-state index in [4.69, 9.17) is 4.42 Å². The highest BCUT2D eigenvalue weighted by molar-refractivity contribution is 7.88. The van der Waals surface area contributed by atoms with Gasteiger partial charge in [0.25, 0.3) is 0 Å². The van der Waals surface area contributed by atoms with Crippen LogP contribution in [0, 0.1) is 0 Å². The van der Waals surface area contributed by atoms with Crippen LogP contribution in [0.3, 0.4) is 0 Å². The highest BCUT2D eigenvalue weighted by atomic mass is 32.2. The van der Waals surface area contributed by atoms with Gasteiger partial charge in [-0.15, -0.1) is 0 Å². The van der Waals surface area contributed by atoms with Gasteiger partial charge in [-0.1, -0.05) is 18.2 Å². The van der Waals surface area contributed by atoms with Gasteiger partial charge in [0, 0.05) is 12.4 Å². The first-order valence-electron chi connectivity index (χ1n) is 4.85. The number of sulfonamides is 1. The molecule has 2 aromatic rings. The SMILES string of the molecule is CN(Cc1cc2ccccc2o1)S(C)(=O)=O. The van der Waals surface area contributed by atoms with E-state index in [1.807, 2.05) is 30.3 Å². The van der Waals surface area contributed by atoms with Crippen molar-refractivity contribution in [1.29, 1.82) is 0 Å². The number of hydrogen-bond acceptors (Lipinski definition) is 3. The average Bonchev–Trinajstić information content (AvgIpc) is 2.58. The van der Waals surface area contributed by atoms with Crippen molar-refractivity contribution in [2.24, 2.45) is 0 Å². The molecule has 0 aliphatic carbocycles. The van der Waals surface area contributed by atoms with Crippen molar-refractivity contribution in [3.8, 4) is 0 Å². The van der Waals surface area contributed by atoms with Gasteiger partial charge in [0.2, 0.25) is 10.0 Å². The largest absolute Gasteiger partial charge is 0.460 e. The lowest BCUT2D eigenvalue weighted by atomic mass is 10.2. The minimum absolute atomic E-state index is 0.257. The van der Waals surface area contributed by atoms with Crippen molar-refractivity contribution in [2.75, 3.05) is 13.3 Å². The number of benzene rings is 1. The second kappa shape index (κ2) is 3.92. The zero-order valence-corrected chi connectivity index (χ0v) is 9.99. The van der Waals surface area contributed by atoms with E-state index in [0.717, 1.165) is 11.0 Å². The third-order valence-corrected chi connectivity index (χ3v) is 3.68. The van der Waals surface area contributed by atoms with Crippen LogP contribution in [0.5, 0.6) is 0 Å². The first-order chi connectivity index (χ1) is 7.47. The van der Waals surface area contributed by atoms with Crippen molar-refractivity contribution in [2.45, 2.75) is 6.54 Å². The normalized spacial score (nSPS) is 12.4. The smallest absolute Gasteiger partial charge is 0.211 e. The molecule has 0 unspecified atom stereocenters. The molecule has 86 valence electrons. The Labute approximate surface area is 94.5 Å². The molecule has 4 nitrogen and oxygen atoms in total. The van der Waals surface area contributed by atoms with Gasteiger partial charge in [0.05, 0.1) is 12.8 Å². The molecular formula is C11H13NO3S. The topological polar surface area (TPSA) is 50.5 Å². The summed E-state index contributed by atoms with van der Waals surface area (Å²) >= 11 is 0. The first kappa shape index (κ1) is 11.2. The predicted molar refractivity (Wildman–Crippen MR) is 62.5 cm³/mol. The lowest BCUT2D eigenvalue weighted by molar-refractivity contribution is 0.421. The van der Waals surface area contributed by atoms with Crippen LogP contribution in [-0.2, 0) is 16.6 Å². The molecule has 1 heterocycles. The van der Waals surface area contributed by atoms with Gasteiger partial charge in [-0.25, -0.2) is 8.42 Å². The number of para-hydroxylation sites is 1. The molecule has 0 aliphatic heterocycles. The summed E-state index contributed by atoms with van der Waals surface area (Å²) in [6.07, 6.45) is 1.18. The zero-order chi connectivity index (χ0) is 11.8. The van der Waals surface area contributed by atoms with Crippen LogP contribution in [0.2, 0.25) is 0 Å². The molecule has 0 bridgehead atoms. The summed E-state index contributed by atoms with van der Waals surface area (Å²) < 4.78 is 29.3. The van der Waals surface area contributed by atoms with Crippen molar-refractivity contribution in [3.63, 3.8) is 0 Å².